The largest absolute Gasteiger partial charge is 0.537 e. The number of alkyl halides is 1. The molecule has 0 radical (unpaired) electrons. The molecule has 8 heteroatoms. The van der Waals surface area contributed by atoms with Gasteiger partial charge in [0.2, 0.25) is 0 Å². The van der Waals surface area contributed by atoms with Crippen molar-refractivity contribution < 1.29 is 14.6 Å². The summed E-state index contributed by atoms with van der Waals surface area (Å²) in [5.41, 5.74) is 0. The molecule has 0 aromatic carbocycles. The van der Waals surface area contributed by atoms with E-state index in [1.54, 1.807) is 0 Å². The minimum absolute atomic E-state index is 0.286. The first-order chi connectivity index (χ1) is 5.80. The van der Waals surface area contributed by atoms with Crippen LogP contribution in [0.3, 0.4) is 0 Å². The minimum Gasteiger partial charge on any atom is -0.300 e. The standard InChI is InChI=1S/C5H7ClN2O5/c1-4(9)2-3-5(6,7(10)11)8(12)13/h2-3H2,1H3. The Morgan fingerprint density at radius 1 is 1.38 bits per heavy atom. The molecule has 13 heavy (non-hydrogen) atoms. The average molecular weight is 211 g/mol. The van der Waals surface area contributed by atoms with E-state index in [0.717, 1.165) is 0 Å². The van der Waals surface area contributed by atoms with Gasteiger partial charge in [0.05, 0.1) is 0 Å². The zero-order valence-electron chi connectivity index (χ0n) is 6.73. The number of rotatable bonds is 5. The predicted octanol–water partition coefficient (Wildman–Crippen LogP) is 0.802. The van der Waals surface area contributed by atoms with Crippen LogP contribution < -0.4 is 0 Å². The minimum atomic E-state index is -2.77. The van der Waals surface area contributed by atoms with Gasteiger partial charge in [-0.15, -0.1) is 0 Å². The zero-order valence-corrected chi connectivity index (χ0v) is 7.48. The number of carbonyl (C=O) groups excluding carboxylic acids is 1. The summed E-state index contributed by atoms with van der Waals surface area (Å²) >= 11 is 5.10. The Morgan fingerprint density at radius 3 is 2.00 bits per heavy atom. The summed E-state index contributed by atoms with van der Waals surface area (Å²) in [7, 11) is 0. The van der Waals surface area contributed by atoms with Crippen molar-refractivity contribution in [2.75, 3.05) is 0 Å². The van der Waals surface area contributed by atoms with E-state index >= 15 is 0 Å². The molecule has 0 spiro atoms. The number of nitro groups is 2. The van der Waals surface area contributed by atoms with E-state index in [9.17, 15) is 25.0 Å². The number of nitrogens with zero attached hydrogens (tertiary/aromatic N) is 2. The van der Waals surface area contributed by atoms with Crippen LogP contribution in [-0.2, 0) is 4.79 Å². The van der Waals surface area contributed by atoms with Crippen LogP contribution in [0.5, 0.6) is 0 Å². The van der Waals surface area contributed by atoms with Gasteiger partial charge in [-0.3, -0.25) is 20.2 Å². The van der Waals surface area contributed by atoms with Gasteiger partial charge in [0, 0.05) is 18.0 Å². The fourth-order valence-electron chi connectivity index (χ4n) is 0.584. The Morgan fingerprint density at radius 2 is 1.77 bits per heavy atom. The molecule has 0 atom stereocenters. The highest BCUT2D eigenvalue weighted by molar-refractivity contribution is 6.21. The van der Waals surface area contributed by atoms with Crippen molar-refractivity contribution in [3.8, 4) is 0 Å². The first-order valence-electron chi connectivity index (χ1n) is 3.28. The Bertz CT molecular complexity index is 239. The fourth-order valence-corrected chi connectivity index (χ4v) is 0.679. The lowest BCUT2D eigenvalue weighted by Gasteiger charge is -2.07. The third-order valence-corrected chi connectivity index (χ3v) is 1.82. The highest BCUT2D eigenvalue weighted by atomic mass is 35.5. The molecule has 0 aliphatic rings. The molecule has 74 valence electrons. The van der Waals surface area contributed by atoms with Crippen LogP contribution in [0.25, 0.3) is 0 Å². The van der Waals surface area contributed by atoms with Crippen LogP contribution in [0.4, 0.5) is 0 Å². The summed E-state index contributed by atoms with van der Waals surface area (Å²) in [4.78, 5) is 28.4. The van der Waals surface area contributed by atoms with Gasteiger partial charge in [-0.05, 0) is 6.92 Å². The highest BCUT2D eigenvalue weighted by Gasteiger charge is 2.53. The number of halogens is 1. The SMILES string of the molecule is CC(=O)CCC(Cl)([N+](=O)[O-])[N+](=O)[O-]. The van der Waals surface area contributed by atoms with Crippen LogP contribution >= 0.6 is 11.6 Å². The second-order valence-corrected chi connectivity index (χ2v) is 3.04. The second kappa shape index (κ2) is 4.13. The summed E-state index contributed by atoms with van der Waals surface area (Å²) < 4.78 is 0. The number of carbonyl (C=O) groups is 1. The van der Waals surface area contributed by atoms with Gasteiger partial charge in [-0.1, -0.05) is 0 Å². The molecule has 0 aliphatic heterocycles. The maximum Gasteiger partial charge on any atom is 0.537 e. The molecule has 0 aliphatic carbocycles. The van der Waals surface area contributed by atoms with Gasteiger partial charge >= 0.3 is 5.12 Å². The molecule has 0 aromatic heterocycles. The van der Waals surface area contributed by atoms with E-state index in [1.807, 2.05) is 0 Å². The van der Waals surface area contributed by atoms with Gasteiger partial charge in [-0.25, -0.2) is 0 Å². The Kier molecular flexibility index (Phi) is 3.73. The maximum absolute atomic E-state index is 10.4. The van der Waals surface area contributed by atoms with Crippen LogP contribution in [0.1, 0.15) is 19.8 Å². The van der Waals surface area contributed by atoms with Crippen LogP contribution in [0.2, 0.25) is 0 Å². The number of hydrogen-bond acceptors (Lipinski definition) is 5. The summed E-state index contributed by atoms with van der Waals surface area (Å²) in [6.07, 6.45) is -0.894. The molecule has 0 saturated carbocycles. The maximum atomic E-state index is 10.4. The molecule has 0 rings (SSSR count). The van der Waals surface area contributed by atoms with E-state index in [0.29, 0.717) is 0 Å². The molecule has 0 unspecified atom stereocenters. The molecule has 0 bridgehead atoms. The summed E-state index contributed by atoms with van der Waals surface area (Å²) in [5.74, 6) is -0.381. The van der Waals surface area contributed by atoms with Crippen molar-refractivity contribution >= 4 is 17.4 Å². The van der Waals surface area contributed by atoms with Crippen LogP contribution in [0.15, 0.2) is 0 Å². The van der Waals surface area contributed by atoms with Gasteiger partial charge < -0.3 is 4.79 Å². The van der Waals surface area contributed by atoms with Crippen molar-refractivity contribution in [1.82, 2.24) is 0 Å². The van der Waals surface area contributed by atoms with E-state index in [2.05, 4.69) is 0 Å². The van der Waals surface area contributed by atoms with E-state index in [4.69, 9.17) is 11.6 Å². The average Bonchev–Trinajstić information content (AvgIpc) is 1.99. The topological polar surface area (TPSA) is 103 Å². The molecule has 7 nitrogen and oxygen atoms in total. The van der Waals surface area contributed by atoms with Crippen molar-refractivity contribution in [1.29, 1.82) is 0 Å². The molecule has 0 amide bonds. The van der Waals surface area contributed by atoms with Crippen molar-refractivity contribution in [3.05, 3.63) is 20.2 Å². The third kappa shape index (κ3) is 2.94. The first-order valence-corrected chi connectivity index (χ1v) is 3.66. The summed E-state index contributed by atoms with van der Waals surface area (Å²) in [5, 5.41) is 17.6. The van der Waals surface area contributed by atoms with Gasteiger partial charge in [-0.2, -0.15) is 0 Å². The van der Waals surface area contributed by atoms with Crippen molar-refractivity contribution in [2.24, 2.45) is 0 Å². The van der Waals surface area contributed by atoms with Gasteiger partial charge in [0.15, 0.2) is 0 Å². The predicted molar refractivity (Wildman–Crippen MR) is 42.5 cm³/mol. The second-order valence-electron chi connectivity index (χ2n) is 2.44. The number of hydrogen-bond donors (Lipinski definition) is 0. The normalized spacial score (nSPS) is 10.9. The Hall–Kier alpha value is -1.24. The smallest absolute Gasteiger partial charge is 0.300 e. The Labute approximate surface area is 78.0 Å². The lowest BCUT2D eigenvalue weighted by molar-refractivity contribution is -0.766. The summed E-state index contributed by atoms with van der Waals surface area (Å²) in [6.45, 7) is 1.18. The highest BCUT2D eigenvalue weighted by Crippen LogP contribution is 2.23. The van der Waals surface area contributed by atoms with E-state index in [-0.39, 0.29) is 12.2 Å². The third-order valence-electron chi connectivity index (χ3n) is 1.35. The van der Waals surface area contributed by atoms with Crippen LogP contribution in [0, 0.1) is 20.2 Å². The van der Waals surface area contributed by atoms with Crippen molar-refractivity contribution in [2.45, 2.75) is 24.9 Å². The lowest BCUT2D eigenvalue weighted by Crippen LogP contribution is -2.40. The molecule has 0 fully saturated rings. The summed E-state index contributed by atoms with van der Waals surface area (Å²) in [6, 6.07) is 0. The molecular formula is C5H7ClN2O5. The van der Waals surface area contributed by atoms with Crippen LogP contribution in [-0.4, -0.2) is 20.8 Å². The zero-order chi connectivity index (χ0) is 10.6. The fraction of sp³-hybridized carbons (Fsp3) is 0.800. The Balaban J connectivity index is 4.52. The molecule has 0 aromatic rings. The van der Waals surface area contributed by atoms with E-state index in [1.165, 1.54) is 6.92 Å². The quantitative estimate of drug-likeness (QED) is 0.219. The molecular weight excluding hydrogens is 204 g/mol. The molecule has 0 N–H and O–H groups in total. The van der Waals surface area contributed by atoms with Gasteiger partial charge in [0.1, 0.15) is 22.1 Å². The lowest BCUT2D eigenvalue weighted by atomic mass is 10.2. The first kappa shape index (κ1) is 11.8. The van der Waals surface area contributed by atoms with E-state index < -0.39 is 21.4 Å². The number of ketones is 1. The number of Topliss-reactive ketones (excluding diaryl/α,β-unsaturated/α-hetero) is 1. The molecule has 0 heterocycles. The monoisotopic (exact) mass is 210 g/mol. The molecule has 0 saturated heterocycles. The van der Waals surface area contributed by atoms with Crippen molar-refractivity contribution in [3.63, 3.8) is 0 Å². The van der Waals surface area contributed by atoms with Gasteiger partial charge in [0.25, 0.3) is 0 Å².